The molecule has 0 atom stereocenters. The summed E-state index contributed by atoms with van der Waals surface area (Å²) < 4.78 is 23.2. The first-order chi connectivity index (χ1) is 11.7. The van der Waals surface area contributed by atoms with Crippen LogP contribution in [0.5, 0.6) is 5.88 Å². The van der Waals surface area contributed by atoms with Crippen LogP contribution in [-0.4, -0.2) is 29.1 Å². The second kappa shape index (κ2) is 7.74. The molecule has 0 unspecified atom stereocenters. The third-order valence-electron chi connectivity index (χ3n) is 2.86. The SMILES string of the molecule is CC(C)(C)OC(=O)COc1ccc(C(=O)Nc2ccc(F)cc2)cn1. The Morgan fingerprint density at radius 1 is 1.12 bits per heavy atom. The van der Waals surface area contributed by atoms with Crippen molar-refractivity contribution in [1.29, 1.82) is 0 Å². The number of ether oxygens (including phenoxy) is 2. The number of anilines is 1. The third kappa shape index (κ3) is 6.21. The van der Waals surface area contributed by atoms with Gasteiger partial charge in [-0.05, 0) is 51.1 Å². The molecule has 2 aromatic rings. The van der Waals surface area contributed by atoms with E-state index in [0.717, 1.165) is 0 Å². The molecule has 0 aliphatic carbocycles. The summed E-state index contributed by atoms with van der Waals surface area (Å²) in [6, 6.07) is 8.40. The van der Waals surface area contributed by atoms with E-state index in [2.05, 4.69) is 10.3 Å². The van der Waals surface area contributed by atoms with Crippen molar-refractivity contribution < 1.29 is 23.5 Å². The number of aromatic nitrogens is 1. The Hall–Kier alpha value is -2.96. The number of pyridine rings is 1. The van der Waals surface area contributed by atoms with Crippen molar-refractivity contribution in [3.63, 3.8) is 0 Å². The van der Waals surface area contributed by atoms with E-state index < -0.39 is 17.5 Å². The van der Waals surface area contributed by atoms with Crippen molar-refractivity contribution >= 4 is 17.6 Å². The monoisotopic (exact) mass is 346 g/mol. The van der Waals surface area contributed by atoms with Crippen LogP contribution >= 0.6 is 0 Å². The molecule has 1 heterocycles. The first-order valence-electron chi connectivity index (χ1n) is 7.60. The maximum atomic E-state index is 12.8. The number of hydrogen-bond donors (Lipinski definition) is 1. The Bertz CT molecular complexity index is 737. The molecule has 1 N–H and O–H groups in total. The number of nitrogens with one attached hydrogen (secondary N) is 1. The number of rotatable bonds is 5. The average molecular weight is 346 g/mol. The smallest absolute Gasteiger partial charge is 0.344 e. The van der Waals surface area contributed by atoms with Crippen LogP contribution in [0.2, 0.25) is 0 Å². The van der Waals surface area contributed by atoms with E-state index >= 15 is 0 Å². The average Bonchev–Trinajstić information content (AvgIpc) is 2.54. The number of halogens is 1. The van der Waals surface area contributed by atoms with Gasteiger partial charge in [0.05, 0.1) is 5.56 Å². The first kappa shape index (κ1) is 18.4. The Morgan fingerprint density at radius 2 is 1.80 bits per heavy atom. The summed E-state index contributed by atoms with van der Waals surface area (Å²) in [6.45, 7) is 5.01. The normalized spacial score (nSPS) is 10.9. The zero-order valence-electron chi connectivity index (χ0n) is 14.2. The van der Waals surface area contributed by atoms with Gasteiger partial charge in [-0.3, -0.25) is 4.79 Å². The number of esters is 1. The van der Waals surface area contributed by atoms with Crippen molar-refractivity contribution in [2.24, 2.45) is 0 Å². The summed E-state index contributed by atoms with van der Waals surface area (Å²) >= 11 is 0. The van der Waals surface area contributed by atoms with E-state index in [1.54, 1.807) is 20.8 Å². The van der Waals surface area contributed by atoms with Crippen LogP contribution in [0.3, 0.4) is 0 Å². The van der Waals surface area contributed by atoms with Gasteiger partial charge in [-0.1, -0.05) is 0 Å². The Kier molecular flexibility index (Phi) is 5.69. The summed E-state index contributed by atoms with van der Waals surface area (Å²) in [7, 11) is 0. The molecular weight excluding hydrogens is 327 g/mol. The number of amides is 1. The summed E-state index contributed by atoms with van der Waals surface area (Å²) in [5.74, 6) is -1.08. The molecule has 0 aliphatic heterocycles. The van der Waals surface area contributed by atoms with Crippen molar-refractivity contribution in [1.82, 2.24) is 4.98 Å². The van der Waals surface area contributed by atoms with Crippen molar-refractivity contribution in [3.05, 3.63) is 54.0 Å². The summed E-state index contributed by atoms with van der Waals surface area (Å²) in [5.41, 5.74) is 0.182. The fourth-order valence-electron chi connectivity index (χ4n) is 1.84. The van der Waals surface area contributed by atoms with Gasteiger partial charge in [0.1, 0.15) is 11.4 Å². The second-order valence-electron chi connectivity index (χ2n) is 6.22. The van der Waals surface area contributed by atoms with Crippen LogP contribution in [0.15, 0.2) is 42.6 Å². The highest BCUT2D eigenvalue weighted by Crippen LogP contribution is 2.13. The lowest BCUT2D eigenvalue weighted by Gasteiger charge is -2.19. The minimum atomic E-state index is -0.587. The Labute approximate surface area is 145 Å². The molecule has 2 rings (SSSR count). The lowest BCUT2D eigenvalue weighted by Crippen LogP contribution is -2.27. The highest BCUT2D eigenvalue weighted by Gasteiger charge is 2.16. The Morgan fingerprint density at radius 3 is 2.36 bits per heavy atom. The van der Waals surface area contributed by atoms with E-state index in [9.17, 15) is 14.0 Å². The molecule has 0 radical (unpaired) electrons. The van der Waals surface area contributed by atoms with Gasteiger partial charge in [0.25, 0.3) is 5.91 Å². The summed E-state index contributed by atoms with van der Waals surface area (Å²) in [4.78, 5) is 27.6. The van der Waals surface area contributed by atoms with Gasteiger partial charge in [-0.15, -0.1) is 0 Å². The fourth-order valence-corrected chi connectivity index (χ4v) is 1.84. The predicted molar refractivity (Wildman–Crippen MR) is 89.9 cm³/mol. The highest BCUT2D eigenvalue weighted by molar-refractivity contribution is 6.04. The topological polar surface area (TPSA) is 77.5 Å². The minimum Gasteiger partial charge on any atom is -0.466 e. The quantitative estimate of drug-likeness (QED) is 0.841. The molecule has 0 aliphatic rings. The number of nitrogens with zero attached hydrogens (tertiary/aromatic N) is 1. The highest BCUT2D eigenvalue weighted by atomic mass is 19.1. The number of hydrogen-bond acceptors (Lipinski definition) is 5. The Balaban J connectivity index is 1.89. The van der Waals surface area contributed by atoms with E-state index in [4.69, 9.17) is 9.47 Å². The lowest BCUT2D eigenvalue weighted by molar-refractivity contribution is -0.157. The van der Waals surface area contributed by atoms with Crippen LogP contribution in [-0.2, 0) is 9.53 Å². The maximum absolute atomic E-state index is 12.8. The van der Waals surface area contributed by atoms with E-state index in [-0.39, 0.29) is 18.3 Å². The molecule has 132 valence electrons. The molecule has 0 fully saturated rings. The molecule has 1 aromatic heterocycles. The first-order valence-corrected chi connectivity index (χ1v) is 7.60. The molecule has 1 amide bonds. The molecule has 0 bridgehead atoms. The van der Waals surface area contributed by atoms with Gasteiger partial charge in [0, 0.05) is 18.0 Å². The van der Waals surface area contributed by atoms with Crippen LogP contribution in [0, 0.1) is 5.82 Å². The third-order valence-corrected chi connectivity index (χ3v) is 2.86. The zero-order valence-corrected chi connectivity index (χ0v) is 14.2. The molecular formula is C18H19FN2O4. The molecule has 0 saturated heterocycles. The van der Waals surface area contributed by atoms with Crippen molar-refractivity contribution in [2.75, 3.05) is 11.9 Å². The van der Waals surface area contributed by atoms with E-state index in [0.29, 0.717) is 11.3 Å². The second-order valence-corrected chi connectivity index (χ2v) is 6.22. The number of carbonyl (C=O) groups is 2. The van der Waals surface area contributed by atoms with Crippen molar-refractivity contribution in [2.45, 2.75) is 26.4 Å². The van der Waals surface area contributed by atoms with Crippen LogP contribution in [0.4, 0.5) is 10.1 Å². The van der Waals surface area contributed by atoms with E-state index in [1.165, 1.54) is 42.6 Å². The number of benzene rings is 1. The van der Waals surface area contributed by atoms with Gasteiger partial charge in [0.15, 0.2) is 6.61 Å². The fraction of sp³-hybridized carbons (Fsp3) is 0.278. The van der Waals surface area contributed by atoms with Crippen molar-refractivity contribution in [3.8, 4) is 5.88 Å². The molecule has 7 heteroatoms. The van der Waals surface area contributed by atoms with E-state index in [1.807, 2.05) is 0 Å². The largest absolute Gasteiger partial charge is 0.466 e. The maximum Gasteiger partial charge on any atom is 0.344 e. The van der Waals surface area contributed by atoms with Gasteiger partial charge in [0.2, 0.25) is 5.88 Å². The molecule has 1 aromatic carbocycles. The lowest BCUT2D eigenvalue weighted by atomic mass is 10.2. The van der Waals surface area contributed by atoms with Gasteiger partial charge >= 0.3 is 5.97 Å². The van der Waals surface area contributed by atoms with Crippen LogP contribution in [0.25, 0.3) is 0 Å². The standard InChI is InChI=1S/C18H19FN2O4/c1-18(2,3)25-16(22)11-24-15-9-4-12(10-20-15)17(23)21-14-7-5-13(19)6-8-14/h4-10H,11H2,1-3H3,(H,21,23). The molecule has 0 spiro atoms. The number of carbonyl (C=O) groups excluding carboxylic acids is 2. The summed E-state index contributed by atoms with van der Waals surface area (Å²) in [6.07, 6.45) is 1.32. The minimum absolute atomic E-state index is 0.198. The molecule has 6 nitrogen and oxygen atoms in total. The van der Waals surface area contributed by atoms with Gasteiger partial charge < -0.3 is 14.8 Å². The summed E-state index contributed by atoms with van der Waals surface area (Å²) in [5, 5.41) is 2.62. The zero-order chi connectivity index (χ0) is 18.4. The van der Waals surface area contributed by atoms with Crippen LogP contribution < -0.4 is 10.1 Å². The van der Waals surface area contributed by atoms with Crippen LogP contribution in [0.1, 0.15) is 31.1 Å². The predicted octanol–water partition coefficient (Wildman–Crippen LogP) is 3.19. The molecule has 0 saturated carbocycles. The van der Waals surface area contributed by atoms with Gasteiger partial charge in [-0.25, -0.2) is 14.2 Å². The van der Waals surface area contributed by atoms with Gasteiger partial charge in [-0.2, -0.15) is 0 Å². The molecule has 25 heavy (non-hydrogen) atoms.